The van der Waals surface area contributed by atoms with Gasteiger partial charge in [0, 0.05) is 17.5 Å². The van der Waals surface area contributed by atoms with Gasteiger partial charge in [-0.25, -0.2) is 4.39 Å². The maximum Gasteiger partial charge on any atom is 0.261 e. The van der Waals surface area contributed by atoms with Crippen molar-refractivity contribution in [1.29, 1.82) is 0 Å². The van der Waals surface area contributed by atoms with Crippen molar-refractivity contribution in [3.63, 3.8) is 0 Å². The molecular formula is C16H18FNO2S. The number of aliphatic hydroxyl groups is 1. The molecule has 0 aliphatic heterocycles. The summed E-state index contributed by atoms with van der Waals surface area (Å²) in [6.07, 6.45) is 0.529. The fraction of sp³-hybridized carbons (Fsp3) is 0.312. The molecule has 0 fully saturated rings. The SMILES string of the molecule is Cc1cc(C(=O)NC(C)CCO)sc1-c1ccc(F)cc1. The molecule has 21 heavy (non-hydrogen) atoms. The molecule has 0 spiro atoms. The minimum absolute atomic E-state index is 0.0474. The van der Waals surface area contributed by atoms with E-state index in [9.17, 15) is 9.18 Å². The summed E-state index contributed by atoms with van der Waals surface area (Å²) in [7, 11) is 0. The van der Waals surface area contributed by atoms with Crippen LogP contribution in [0.3, 0.4) is 0 Å². The summed E-state index contributed by atoms with van der Waals surface area (Å²) in [5.41, 5.74) is 1.90. The van der Waals surface area contributed by atoms with E-state index in [1.54, 1.807) is 12.1 Å². The highest BCUT2D eigenvalue weighted by Gasteiger charge is 2.15. The lowest BCUT2D eigenvalue weighted by Crippen LogP contribution is -2.32. The van der Waals surface area contributed by atoms with Crippen molar-refractivity contribution in [2.75, 3.05) is 6.61 Å². The monoisotopic (exact) mass is 307 g/mol. The third kappa shape index (κ3) is 3.89. The van der Waals surface area contributed by atoms with Crippen LogP contribution in [0.25, 0.3) is 10.4 Å². The van der Waals surface area contributed by atoms with Crippen LogP contribution >= 0.6 is 11.3 Å². The standard InChI is InChI=1S/C16H18FNO2S/c1-10-9-14(16(20)18-11(2)7-8-19)21-15(10)12-3-5-13(17)6-4-12/h3-6,9,11,19H,7-8H2,1-2H3,(H,18,20). The second-order valence-electron chi connectivity index (χ2n) is 5.02. The quantitative estimate of drug-likeness (QED) is 0.890. The number of carbonyl (C=O) groups is 1. The molecule has 0 aliphatic carbocycles. The molecule has 0 bridgehead atoms. The third-order valence-corrected chi connectivity index (χ3v) is 4.47. The van der Waals surface area contributed by atoms with Gasteiger partial charge in [0.15, 0.2) is 0 Å². The molecule has 0 radical (unpaired) electrons. The van der Waals surface area contributed by atoms with Gasteiger partial charge in [0.05, 0.1) is 4.88 Å². The van der Waals surface area contributed by atoms with Gasteiger partial charge >= 0.3 is 0 Å². The fourth-order valence-electron chi connectivity index (χ4n) is 2.04. The zero-order chi connectivity index (χ0) is 15.4. The van der Waals surface area contributed by atoms with Crippen LogP contribution in [0.15, 0.2) is 30.3 Å². The van der Waals surface area contributed by atoms with Crippen LogP contribution < -0.4 is 5.32 Å². The van der Waals surface area contributed by atoms with Crippen LogP contribution in [0.5, 0.6) is 0 Å². The zero-order valence-corrected chi connectivity index (χ0v) is 12.8. The zero-order valence-electron chi connectivity index (χ0n) is 12.0. The van der Waals surface area contributed by atoms with Crippen LogP contribution in [0.2, 0.25) is 0 Å². The van der Waals surface area contributed by atoms with Crippen molar-refractivity contribution in [1.82, 2.24) is 5.32 Å². The van der Waals surface area contributed by atoms with E-state index in [0.717, 1.165) is 16.0 Å². The molecule has 112 valence electrons. The molecule has 1 atom stereocenters. The average Bonchev–Trinajstić information content (AvgIpc) is 2.82. The lowest BCUT2D eigenvalue weighted by atomic mass is 10.1. The Kier molecular flexibility index (Phi) is 5.09. The molecule has 1 unspecified atom stereocenters. The lowest BCUT2D eigenvalue weighted by molar-refractivity contribution is 0.0938. The van der Waals surface area contributed by atoms with Crippen LogP contribution in [0, 0.1) is 12.7 Å². The normalized spacial score (nSPS) is 12.2. The Hall–Kier alpha value is -1.72. The molecule has 1 aromatic carbocycles. The van der Waals surface area contributed by atoms with Gasteiger partial charge in [-0.1, -0.05) is 12.1 Å². The minimum Gasteiger partial charge on any atom is -0.396 e. The number of carbonyl (C=O) groups excluding carboxylic acids is 1. The number of hydrogen-bond donors (Lipinski definition) is 2. The number of benzene rings is 1. The Morgan fingerprint density at radius 2 is 2.05 bits per heavy atom. The Bertz CT molecular complexity index is 622. The van der Waals surface area contributed by atoms with Gasteiger partial charge in [0.1, 0.15) is 5.82 Å². The highest BCUT2D eigenvalue weighted by atomic mass is 32.1. The summed E-state index contributed by atoms with van der Waals surface area (Å²) in [5.74, 6) is -0.416. The largest absolute Gasteiger partial charge is 0.396 e. The van der Waals surface area contributed by atoms with Crippen molar-refractivity contribution in [3.8, 4) is 10.4 Å². The lowest BCUT2D eigenvalue weighted by Gasteiger charge is -2.10. The van der Waals surface area contributed by atoms with Crippen molar-refractivity contribution < 1.29 is 14.3 Å². The van der Waals surface area contributed by atoms with Crippen LogP contribution in [-0.2, 0) is 0 Å². The van der Waals surface area contributed by atoms with Gasteiger partial charge in [-0.15, -0.1) is 11.3 Å². The average molecular weight is 307 g/mol. The molecule has 0 saturated heterocycles. The first kappa shape index (κ1) is 15.7. The molecule has 1 amide bonds. The van der Waals surface area contributed by atoms with E-state index in [0.29, 0.717) is 11.3 Å². The van der Waals surface area contributed by atoms with Crippen molar-refractivity contribution >= 4 is 17.2 Å². The number of rotatable bonds is 5. The number of aryl methyl sites for hydroxylation is 1. The Morgan fingerprint density at radius 3 is 2.67 bits per heavy atom. The molecule has 0 saturated carbocycles. The van der Waals surface area contributed by atoms with E-state index in [-0.39, 0.29) is 24.4 Å². The molecule has 1 heterocycles. The molecule has 1 aromatic heterocycles. The first-order valence-corrected chi connectivity index (χ1v) is 7.61. The van der Waals surface area contributed by atoms with E-state index in [4.69, 9.17) is 5.11 Å². The number of hydrogen-bond acceptors (Lipinski definition) is 3. The van der Waals surface area contributed by atoms with Crippen LogP contribution in [-0.4, -0.2) is 23.7 Å². The van der Waals surface area contributed by atoms with E-state index < -0.39 is 0 Å². The van der Waals surface area contributed by atoms with Gasteiger partial charge in [-0.05, 0) is 49.6 Å². The van der Waals surface area contributed by atoms with Gasteiger partial charge in [0.25, 0.3) is 5.91 Å². The first-order chi connectivity index (χ1) is 10.0. The number of nitrogens with one attached hydrogen (secondary N) is 1. The Morgan fingerprint density at radius 1 is 1.38 bits per heavy atom. The summed E-state index contributed by atoms with van der Waals surface area (Å²) < 4.78 is 13.0. The topological polar surface area (TPSA) is 49.3 Å². The predicted octanol–water partition coefficient (Wildman–Crippen LogP) is 3.36. The van der Waals surface area contributed by atoms with Crippen LogP contribution in [0.1, 0.15) is 28.6 Å². The van der Waals surface area contributed by atoms with Crippen molar-refractivity contribution in [2.45, 2.75) is 26.3 Å². The molecule has 5 heteroatoms. The molecule has 2 N–H and O–H groups in total. The Balaban J connectivity index is 2.19. The molecular weight excluding hydrogens is 289 g/mol. The van der Waals surface area contributed by atoms with Gasteiger partial charge in [-0.3, -0.25) is 4.79 Å². The van der Waals surface area contributed by atoms with Gasteiger partial charge in [-0.2, -0.15) is 0 Å². The second kappa shape index (κ2) is 6.83. The van der Waals surface area contributed by atoms with E-state index in [1.165, 1.54) is 23.5 Å². The van der Waals surface area contributed by atoms with E-state index in [1.807, 2.05) is 19.9 Å². The maximum atomic E-state index is 13.0. The number of halogens is 1. The molecule has 3 nitrogen and oxygen atoms in total. The van der Waals surface area contributed by atoms with Crippen LogP contribution in [0.4, 0.5) is 4.39 Å². The second-order valence-corrected chi connectivity index (χ2v) is 6.07. The highest BCUT2D eigenvalue weighted by Crippen LogP contribution is 2.32. The summed E-state index contributed by atoms with van der Waals surface area (Å²) in [6, 6.07) is 8.02. The summed E-state index contributed by atoms with van der Waals surface area (Å²) in [6.45, 7) is 3.84. The van der Waals surface area contributed by atoms with E-state index in [2.05, 4.69) is 5.32 Å². The maximum absolute atomic E-state index is 13.0. The summed E-state index contributed by atoms with van der Waals surface area (Å²) in [4.78, 5) is 13.7. The number of amides is 1. The molecule has 0 aliphatic rings. The van der Waals surface area contributed by atoms with Gasteiger partial charge < -0.3 is 10.4 Å². The van der Waals surface area contributed by atoms with Gasteiger partial charge in [0.2, 0.25) is 0 Å². The minimum atomic E-state index is -0.274. The summed E-state index contributed by atoms with van der Waals surface area (Å²) >= 11 is 1.39. The number of aliphatic hydroxyl groups excluding tert-OH is 1. The summed E-state index contributed by atoms with van der Waals surface area (Å²) in [5, 5.41) is 11.7. The number of thiophene rings is 1. The molecule has 2 rings (SSSR count). The highest BCUT2D eigenvalue weighted by molar-refractivity contribution is 7.17. The smallest absolute Gasteiger partial charge is 0.261 e. The van der Waals surface area contributed by atoms with E-state index >= 15 is 0 Å². The Labute approximate surface area is 127 Å². The van der Waals surface area contributed by atoms with Crippen molar-refractivity contribution in [2.24, 2.45) is 0 Å². The first-order valence-electron chi connectivity index (χ1n) is 6.79. The third-order valence-electron chi connectivity index (χ3n) is 3.19. The predicted molar refractivity (Wildman–Crippen MR) is 83.1 cm³/mol. The van der Waals surface area contributed by atoms with Crippen molar-refractivity contribution in [3.05, 3.63) is 46.6 Å². The molecule has 2 aromatic rings. The fourth-order valence-corrected chi connectivity index (χ4v) is 3.12.